The van der Waals surface area contributed by atoms with Crippen molar-refractivity contribution in [2.75, 3.05) is 9.80 Å². The number of hydrogen-bond acceptors (Lipinski definition) is 3. The second-order valence-corrected chi connectivity index (χ2v) is 18.4. The highest BCUT2D eigenvalue weighted by Crippen LogP contribution is 2.47. The number of hydrogen-bond donors (Lipinski definition) is 0. The van der Waals surface area contributed by atoms with Crippen LogP contribution in [-0.4, -0.2) is 8.07 Å². The molecule has 0 bridgehead atoms. The second kappa shape index (κ2) is 11.7. The predicted molar refractivity (Wildman–Crippen MR) is 207 cm³/mol. The van der Waals surface area contributed by atoms with Crippen LogP contribution >= 0.6 is 0 Å². The van der Waals surface area contributed by atoms with Gasteiger partial charge < -0.3 is 9.80 Å². The van der Waals surface area contributed by atoms with Crippen LogP contribution in [0.1, 0.15) is 5.56 Å². The third-order valence-corrected chi connectivity index (χ3v) is 11.4. The van der Waals surface area contributed by atoms with Crippen molar-refractivity contribution >= 4 is 79.7 Å². The van der Waals surface area contributed by atoms with E-state index in [1.54, 1.807) is 0 Å². The van der Waals surface area contributed by atoms with Gasteiger partial charge in [0.15, 0.2) is 0 Å². The largest absolute Gasteiger partial charge is 0.310 e. The van der Waals surface area contributed by atoms with Crippen molar-refractivity contribution in [2.24, 2.45) is 0 Å². The van der Waals surface area contributed by atoms with E-state index in [1.807, 2.05) is 18.2 Å². The molecular weight excluding hydrogens is 599 g/mol. The van der Waals surface area contributed by atoms with Crippen molar-refractivity contribution in [1.82, 2.24) is 0 Å². The maximum Gasteiger partial charge on any atom is 0.101 e. The highest BCUT2D eigenvalue weighted by Gasteiger charge is 2.24. The molecule has 0 aliphatic rings. The van der Waals surface area contributed by atoms with Gasteiger partial charge in [-0.1, -0.05) is 122 Å². The molecule has 0 saturated carbocycles. The van der Waals surface area contributed by atoms with Crippen LogP contribution in [0.3, 0.4) is 0 Å². The number of anilines is 6. The van der Waals surface area contributed by atoms with Gasteiger partial charge >= 0.3 is 0 Å². The van der Waals surface area contributed by atoms with Gasteiger partial charge in [0, 0.05) is 27.8 Å². The monoisotopic (exact) mass is 633 g/mol. The lowest BCUT2D eigenvalue weighted by Crippen LogP contribution is -2.37. The zero-order chi connectivity index (χ0) is 32.8. The van der Waals surface area contributed by atoms with Gasteiger partial charge in [0.05, 0.1) is 30.7 Å². The van der Waals surface area contributed by atoms with Gasteiger partial charge in [-0.05, 0) is 82.2 Å². The molecule has 0 aliphatic heterocycles. The minimum absolute atomic E-state index is 0.644. The van der Waals surface area contributed by atoms with Crippen molar-refractivity contribution in [3.63, 3.8) is 0 Å². The molecule has 0 saturated heterocycles. The molecule has 0 aromatic heterocycles. The predicted octanol–water partition coefficient (Wildman–Crippen LogP) is 11.9. The van der Waals surface area contributed by atoms with Crippen LogP contribution in [0.2, 0.25) is 19.6 Å². The van der Waals surface area contributed by atoms with Gasteiger partial charge in [0.1, 0.15) is 6.07 Å². The fourth-order valence-electron chi connectivity index (χ4n) is 7.02. The molecule has 0 unspecified atom stereocenters. The summed E-state index contributed by atoms with van der Waals surface area (Å²) < 4.78 is 0. The summed E-state index contributed by atoms with van der Waals surface area (Å²) in [5, 5.41) is 18.9. The molecule has 0 amide bonds. The first-order chi connectivity index (χ1) is 23.4. The number of para-hydroxylation sites is 3. The first kappa shape index (κ1) is 29.5. The van der Waals surface area contributed by atoms with Crippen molar-refractivity contribution in [1.29, 1.82) is 5.26 Å². The SMILES string of the molecule is C[Si](C)(C)c1cccc(N(c2ccccc2C#N)c2ccc3ccc4c(N(c5ccccc5)c5ccccc5)ccc5ccc2c3c54)c1. The summed E-state index contributed by atoms with van der Waals surface area (Å²) in [5.74, 6) is 0. The molecule has 0 N–H and O–H groups in total. The molecule has 0 atom stereocenters. The van der Waals surface area contributed by atoms with E-state index >= 15 is 0 Å². The van der Waals surface area contributed by atoms with Crippen LogP contribution in [-0.2, 0) is 0 Å². The van der Waals surface area contributed by atoms with E-state index in [2.05, 4.69) is 175 Å². The second-order valence-electron chi connectivity index (χ2n) is 13.4. The quantitative estimate of drug-likeness (QED) is 0.129. The van der Waals surface area contributed by atoms with Crippen LogP contribution < -0.4 is 15.0 Å². The third kappa shape index (κ3) is 4.97. The van der Waals surface area contributed by atoms with E-state index in [0.717, 1.165) is 39.5 Å². The molecule has 0 heterocycles. The Kier molecular flexibility index (Phi) is 7.21. The lowest BCUT2D eigenvalue weighted by Gasteiger charge is -2.30. The highest BCUT2D eigenvalue weighted by molar-refractivity contribution is 6.88. The molecule has 0 fully saturated rings. The Morgan fingerprint density at radius 1 is 0.458 bits per heavy atom. The number of rotatable bonds is 7. The fraction of sp³-hybridized carbons (Fsp3) is 0.0682. The molecule has 48 heavy (non-hydrogen) atoms. The van der Waals surface area contributed by atoms with Gasteiger partial charge in [0.25, 0.3) is 0 Å². The van der Waals surface area contributed by atoms with Gasteiger partial charge in [-0.15, -0.1) is 0 Å². The number of benzene rings is 8. The first-order valence-corrected chi connectivity index (χ1v) is 19.9. The minimum Gasteiger partial charge on any atom is -0.310 e. The molecule has 8 aromatic rings. The summed E-state index contributed by atoms with van der Waals surface area (Å²) >= 11 is 0. The van der Waals surface area contributed by atoms with Crippen LogP contribution in [0, 0.1) is 11.3 Å². The van der Waals surface area contributed by atoms with E-state index in [9.17, 15) is 5.26 Å². The van der Waals surface area contributed by atoms with Crippen LogP contribution in [0.25, 0.3) is 32.3 Å². The third-order valence-electron chi connectivity index (χ3n) is 9.36. The van der Waals surface area contributed by atoms with Gasteiger partial charge in [-0.3, -0.25) is 0 Å². The molecule has 8 rings (SSSR count). The summed E-state index contributed by atoms with van der Waals surface area (Å²) in [4.78, 5) is 4.64. The zero-order valence-electron chi connectivity index (χ0n) is 27.4. The maximum atomic E-state index is 10.3. The van der Waals surface area contributed by atoms with Crippen molar-refractivity contribution in [2.45, 2.75) is 19.6 Å². The van der Waals surface area contributed by atoms with Gasteiger partial charge in [-0.25, -0.2) is 0 Å². The Balaban J connectivity index is 1.42. The summed E-state index contributed by atoms with van der Waals surface area (Å²) in [6, 6.07) is 58.5. The van der Waals surface area contributed by atoms with E-state index in [1.165, 1.54) is 32.1 Å². The number of nitriles is 1. The molecule has 230 valence electrons. The molecule has 4 heteroatoms. The lowest BCUT2D eigenvalue weighted by molar-refractivity contribution is 1.28. The Morgan fingerprint density at radius 2 is 0.958 bits per heavy atom. The lowest BCUT2D eigenvalue weighted by atomic mass is 9.91. The van der Waals surface area contributed by atoms with Gasteiger partial charge in [-0.2, -0.15) is 5.26 Å². The standard InChI is InChI=1S/C44H35N3Si/c1-48(2,3)37-19-12-18-36(29-37)47(40-20-11-10-13-33(40)30-45)42-28-24-32-21-25-38-41(27-23-31-22-26-39(42)44(32)43(31)38)46(34-14-6-4-7-15-34)35-16-8-5-9-17-35/h4-29H,1-3H3. The smallest absolute Gasteiger partial charge is 0.101 e. The Morgan fingerprint density at radius 3 is 1.52 bits per heavy atom. The van der Waals surface area contributed by atoms with Crippen molar-refractivity contribution in [3.05, 3.63) is 163 Å². The summed E-state index contributed by atoms with van der Waals surface area (Å²) in [6.07, 6.45) is 0. The molecule has 0 radical (unpaired) electrons. The van der Waals surface area contributed by atoms with Crippen LogP contribution in [0.15, 0.2) is 158 Å². The topological polar surface area (TPSA) is 30.3 Å². The Bertz CT molecular complexity index is 2420. The molecule has 0 aliphatic carbocycles. The van der Waals surface area contributed by atoms with E-state index in [4.69, 9.17) is 0 Å². The van der Waals surface area contributed by atoms with Crippen molar-refractivity contribution in [3.8, 4) is 6.07 Å². The van der Waals surface area contributed by atoms with Gasteiger partial charge in [0.2, 0.25) is 0 Å². The molecule has 3 nitrogen and oxygen atoms in total. The normalized spacial score (nSPS) is 11.6. The van der Waals surface area contributed by atoms with E-state index in [-0.39, 0.29) is 0 Å². The number of nitrogens with zero attached hydrogens (tertiary/aromatic N) is 3. The Hall–Kier alpha value is -5.89. The average Bonchev–Trinajstić information content (AvgIpc) is 3.12. The highest BCUT2D eigenvalue weighted by atomic mass is 28.3. The molecule has 8 aromatic carbocycles. The summed E-state index contributed by atoms with van der Waals surface area (Å²) in [5.41, 5.74) is 7.00. The van der Waals surface area contributed by atoms with Crippen molar-refractivity contribution < 1.29 is 0 Å². The van der Waals surface area contributed by atoms with Crippen LogP contribution in [0.4, 0.5) is 34.1 Å². The minimum atomic E-state index is -1.61. The summed E-state index contributed by atoms with van der Waals surface area (Å²) in [7, 11) is -1.61. The summed E-state index contributed by atoms with van der Waals surface area (Å²) in [6.45, 7) is 7.13. The molecular formula is C44H35N3Si. The van der Waals surface area contributed by atoms with E-state index < -0.39 is 8.07 Å². The average molecular weight is 634 g/mol. The first-order valence-electron chi connectivity index (χ1n) is 16.4. The Labute approximate surface area is 282 Å². The van der Waals surface area contributed by atoms with E-state index in [0.29, 0.717) is 5.56 Å². The fourth-order valence-corrected chi connectivity index (χ4v) is 8.20. The maximum absolute atomic E-state index is 10.3. The molecule has 0 spiro atoms. The zero-order valence-corrected chi connectivity index (χ0v) is 28.4. The van der Waals surface area contributed by atoms with Crippen LogP contribution in [0.5, 0.6) is 0 Å².